The monoisotopic (exact) mass is 319 g/mol. The molecule has 1 saturated heterocycles. The molecule has 0 radical (unpaired) electrons. The van der Waals surface area contributed by atoms with E-state index in [1.807, 2.05) is 30.1 Å². The van der Waals surface area contributed by atoms with Crippen molar-refractivity contribution >= 4 is 0 Å². The number of aryl methyl sites for hydroxylation is 1. The molecule has 0 saturated carbocycles. The zero-order valence-corrected chi connectivity index (χ0v) is 13.8. The van der Waals surface area contributed by atoms with E-state index >= 15 is 0 Å². The summed E-state index contributed by atoms with van der Waals surface area (Å²) in [7, 11) is 1.95. The van der Waals surface area contributed by atoms with Gasteiger partial charge in [0.1, 0.15) is 12.4 Å². The summed E-state index contributed by atoms with van der Waals surface area (Å²) in [5.74, 6) is 0.955. The van der Waals surface area contributed by atoms with E-state index < -0.39 is 0 Å². The average Bonchev–Trinajstić information content (AvgIpc) is 3.23. The molecule has 1 aliphatic heterocycles. The highest BCUT2D eigenvalue weighted by Gasteiger charge is 2.34. The molecule has 0 N–H and O–H groups in total. The molecule has 0 spiro atoms. The second kappa shape index (κ2) is 6.49. The first-order valence-electron chi connectivity index (χ1n) is 8.28. The van der Waals surface area contributed by atoms with Crippen molar-refractivity contribution in [3.63, 3.8) is 0 Å². The molecule has 4 heteroatoms. The minimum absolute atomic E-state index is 0.494. The summed E-state index contributed by atoms with van der Waals surface area (Å²) < 4.78 is 7.97. The second-order valence-corrected chi connectivity index (χ2v) is 6.28. The van der Waals surface area contributed by atoms with Crippen molar-refractivity contribution in [1.29, 1.82) is 0 Å². The van der Waals surface area contributed by atoms with Gasteiger partial charge in [-0.05, 0) is 11.6 Å². The fraction of sp³-hybridized carbons (Fsp3) is 0.250. The Balaban J connectivity index is 1.37. The molecule has 0 bridgehead atoms. The summed E-state index contributed by atoms with van der Waals surface area (Å²) >= 11 is 0. The van der Waals surface area contributed by atoms with Crippen molar-refractivity contribution in [2.24, 2.45) is 7.05 Å². The molecule has 1 aliphatic rings. The van der Waals surface area contributed by atoms with Gasteiger partial charge in [0, 0.05) is 37.5 Å². The van der Waals surface area contributed by atoms with Gasteiger partial charge in [-0.15, -0.1) is 0 Å². The number of aromatic nitrogens is 2. The van der Waals surface area contributed by atoms with Crippen LogP contribution in [0.15, 0.2) is 67.0 Å². The van der Waals surface area contributed by atoms with Gasteiger partial charge in [-0.1, -0.05) is 48.5 Å². The van der Waals surface area contributed by atoms with Crippen LogP contribution in [0.3, 0.4) is 0 Å². The molecule has 3 aromatic rings. The Labute approximate surface area is 142 Å². The van der Waals surface area contributed by atoms with Crippen LogP contribution in [0.4, 0.5) is 0 Å². The third-order valence-electron chi connectivity index (χ3n) is 4.38. The Kier molecular flexibility index (Phi) is 4.05. The third kappa shape index (κ3) is 3.34. The Morgan fingerprint density at radius 2 is 1.88 bits per heavy atom. The molecule has 24 heavy (non-hydrogen) atoms. The number of ether oxygens (including phenoxy) is 1. The molecule has 1 fully saturated rings. The molecule has 2 aromatic carbocycles. The molecule has 4 rings (SSSR count). The lowest BCUT2D eigenvalue weighted by Crippen LogP contribution is -2.11. The van der Waals surface area contributed by atoms with Crippen LogP contribution in [0.2, 0.25) is 0 Å². The van der Waals surface area contributed by atoms with Gasteiger partial charge in [0.05, 0.1) is 12.2 Å². The van der Waals surface area contributed by atoms with Crippen LogP contribution >= 0.6 is 0 Å². The van der Waals surface area contributed by atoms with Crippen LogP contribution in [0.1, 0.15) is 5.56 Å². The van der Waals surface area contributed by atoms with E-state index in [0.717, 1.165) is 31.0 Å². The Morgan fingerprint density at radius 1 is 1.08 bits per heavy atom. The number of para-hydroxylation sites is 1. The largest absolute Gasteiger partial charge is 0.491 e. The topological polar surface area (TPSA) is 30.1 Å². The molecule has 2 heterocycles. The highest BCUT2D eigenvalue weighted by Crippen LogP contribution is 2.31. The normalized spacial score (nSPS) is 19.2. The lowest BCUT2D eigenvalue weighted by Gasteiger charge is -2.11. The quantitative estimate of drug-likeness (QED) is 0.653. The number of benzene rings is 2. The van der Waals surface area contributed by atoms with Gasteiger partial charge in [0.25, 0.3) is 0 Å². The van der Waals surface area contributed by atoms with E-state index in [-0.39, 0.29) is 0 Å². The van der Waals surface area contributed by atoms with Crippen molar-refractivity contribution in [2.45, 2.75) is 12.6 Å². The van der Waals surface area contributed by atoms with Gasteiger partial charge >= 0.3 is 0 Å². The Bertz CT molecular complexity index is 813. The molecule has 2 unspecified atom stereocenters. The predicted molar refractivity (Wildman–Crippen MR) is 94.8 cm³/mol. The standard InChI is InChI=1S/C20H21N3O/c1-22-12-16(11-21-22)13-23-14-18(23)15-24-20-10-6-5-9-19(20)17-7-3-2-4-8-17/h2-12,18H,13-15H2,1H3. The van der Waals surface area contributed by atoms with Gasteiger partial charge < -0.3 is 4.74 Å². The van der Waals surface area contributed by atoms with Gasteiger partial charge in [0.15, 0.2) is 0 Å². The van der Waals surface area contributed by atoms with E-state index in [1.54, 1.807) is 0 Å². The molecular formula is C20H21N3O. The molecule has 4 nitrogen and oxygen atoms in total. The fourth-order valence-corrected chi connectivity index (χ4v) is 3.00. The van der Waals surface area contributed by atoms with Crippen LogP contribution in [0.25, 0.3) is 11.1 Å². The van der Waals surface area contributed by atoms with Gasteiger partial charge in [-0.3, -0.25) is 9.58 Å². The van der Waals surface area contributed by atoms with Crippen LogP contribution in [-0.4, -0.2) is 33.9 Å². The summed E-state index contributed by atoms with van der Waals surface area (Å²) in [6, 6.07) is 19.1. The number of nitrogens with zero attached hydrogens (tertiary/aromatic N) is 3. The van der Waals surface area contributed by atoms with Crippen LogP contribution < -0.4 is 4.74 Å². The van der Waals surface area contributed by atoms with Gasteiger partial charge in [-0.2, -0.15) is 5.10 Å². The highest BCUT2D eigenvalue weighted by atomic mass is 16.5. The maximum absolute atomic E-state index is 6.13. The van der Waals surface area contributed by atoms with E-state index in [9.17, 15) is 0 Å². The fourth-order valence-electron chi connectivity index (χ4n) is 3.00. The first kappa shape index (κ1) is 15.0. The Morgan fingerprint density at radius 3 is 2.67 bits per heavy atom. The molecule has 0 aliphatic carbocycles. The van der Waals surface area contributed by atoms with Crippen molar-refractivity contribution < 1.29 is 4.74 Å². The first-order valence-corrected chi connectivity index (χ1v) is 8.28. The zero-order chi connectivity index (χ0) is 16.4. The summed E-state index contributed by atoms with van der Waals surface area (Å²) in [6.45, 7) is 2.76. The van der Waals surface area contributed by atoms with Gasteiger partial charge in [0.2, 0.25) is 0 Å². The number of hydrogen-bond acceptors (Lipinski definition) is 3. The smallest absolute Gasteiger partial charge is 0.127 e. The Hall–Kier alpha value is -2.59. The van der Waals surface area contributed by atoms with Crippen molar-refractivity contribution in [3.05, 3.63) is 72.6 Å². The molecule has 122 valence electrons. The molecule has 2 atom stereocenters. The highest BCUT2D eigenvalue weighted by molar-refractivity contribution is 5.70. The minimum Gasteiger partial charge on any atom is -0.491 e. The van der Waals surface area contributed by atoms with E-state index in [2.05, 4.69) is 58.7 Å². The summed E-state index contributed by atoms with van der Waals surface area (Å²) in [5.41, 5.74) is 3.60. The van der Waals surface area contributed by atoms with E-state index in [4.69, 9.17) is 4.74 Å². The third-order valence-corrected chi connectivity index (χ3v) is 4.38. The summed E-state index contributed by atoms with van der Waals surface area (Å²) in [4.78, 5) is 2.40. The van der Waals surface area contributed by atoms with Gasteiger partial charge in [-0.25, -0.2) is 0 Å². The van der Waals surface area contributed by atoms with E-state index in [0.29, 0.717) is 6.04 Å². The lowest BCUT2D eigenvalue weighted by atomic mass is 10.1. The summed E-state index contributed by atoms with van der Waals surface area (Å²) in [6.07, 6.45) is 4.00. The summed E-state index contributed by atoms with van der Waals surface area (Å²) in [5, 5.41) is 4.22. The predicted octanol–water partition coefficient (Wildman–Crippen LogP) is 3.35. The SMILES string of the molecule is Cn1cc(CN2CC2COc2ccccc2-c2ccccc2)cn1. The first-order chi connectivity index (χ1) is 11.8. The molecule has 0 amide bonds. The molecular weight excluding hydrogens is 298 g/mol. The van der Waals surface area contributed by atoms with Crippen LogP contribution in [0, 0.1) is 0 Å². The van der Waals surface area contributed by atoms with Crippen molar-refractivity contribution in [1.82, 2.24) is 14.7 Å². The van der Waals surface area contributed by atoms with Crippen LogP contribution in [0.5, 0.6) is 5.75 Å². The van der Waals surface area contributed by atoms with Crippen molar-refractivity contribution in [2.75, 3.05) is 13.2 Å². The minimum atomic E-state index is 0.494. The second-order valence-electron chi connectivity index (χ2n) is 6.28. The average molecular weight is 319 g/mol. The number of hydrogen-bond donors (Lipinski definition) is 0. The van der Waals surface area contributed by atoms with E-state index in [1.165, 1.54) is 11.1 Å². The maximum Gasteiger partial charge on any atom is 0.127 e. The number of rotatable bonds is 6. The lowest BCUT2D eigenvalue weighted by molar-refractivity contribution is 0.294. The zero-order valence-electron chi connectivity index (χ0n) is 13.8. The maximum atomic E-state index is 6.13. The molecule has 1 aromatic heterocycles. The van der Waals surface area contributed by atoms with Crippen molar-refractivity contribution in [3.8, 4) is 16.9 Å². The van der Waals surface area contributed by atoms with Crippen LogP contribution in [-0.2, 0) is 13.6 Å².